The smallest absolute Gasteiger partial charge is 0.166 e. The molecule has 0 rings (SSSR count). The first-order valence-electron chi connectivity index (χ1n) is 5.31. The number of thiocarbonyl (C=S) groups is 1. The quantitative estimate of drug-likeness (QED) is 0.505. The number of nitrogens with one attached hydrogen (secondary N) is 2. The lowest BCUT2D eigenvalue weighted by molar-refractivity contribution is 0.204. The summed E-state index contributed by atoms with van der Waals surface area (Å²) >= 11 is 7.10. The summed E-state index contributed by atoms with van der Waals surface area (Å²) in [5, 5.41) is 7.07. The number of ether oxygens (including phenoxy) is 1. The Kier molecular flexibility index (Phi) is 10.5. The third kappa shape index (κ3) is 10.3. The third-order valence-corrected chi connectivity index (χ3v) is 3.06. The molecule has 0 aliphatic heterocycles. The van der Waals surface area contributed by atoms with E-state index in [0.717, 1.165) is 18.1 Å². The van der Waals surface area contributed by atoms with Crippen LogP contribution in [0, 0.1) is 0 Å². The Balaban J connectivity index is 3.40. The third-order valence-electron chi connectivity index (χ3n) is 1.87. The lowest BCUT2D eigenvalue weighted by Crippen LogP contribution is -2.41. The van der Waals surface area contributed by atoms with Crippen LogP contribution in [0.2, 0.25) is 0 Å². The van der Waals surface area contributed by atoms with Gasteiger partial charge in [-0.15, -0.1) is 0 Å². The molecule has 0 spiro atoms. The summed E-state index contributed by atoms with van der Waals surface area (Å²) in [5.41, 5.74) is 0. The van der Waals surface area contributed by atoms with Gasteiger partial charge >= 0.3 is 0 Å². The standard InChI is InChI=1S/C10H22N2OS2/c1-4-15-8-5-9(2)12-10(14)11-6-7-13-3/h9H,4-8H2,1-3H3,(H2,11,12,14). The van der Waals surface area contributed by atoms with Gasteiger partial charge in [0.1, 0.15) is 0 Å². The number of thioether (sulfide) groups is 1. The molecule has 0 amide bonds. The number of hydrogen-bond acceptors (Lipinski definition) is 3. The first-order chi connectivity index (χ1) is 7.20. The predicted molar refractivity (Wildman–Crippen MR) is 72.7 cm³/mol. The maximum Gasteiger partial charge on any atom is 0.166 e. The van der Waals surface area contributed by atoms with Crippen LogP contribution in [0.4, 0.5) is 0 Å². The van der Waals surface area contributed by atoms with E-state index in [1.165, 1.54) is 11.5 Å². The molecule has 1 unspecified atom stereocenters. The molecule has 0 aromatic rings. The average Bonchev–Trinajstić information content (AvgIpc) is 2.18. The van der Waals surface area contributed by atoms with Crippen molar-refractivity contribution in [3.05, 3.63) is 0 Å². The fourth-order valence-electron chi connectivity index (χ4n) is 1.02. The van der Waals surface area contributed by atoms with Gasteiger partial charge in [0.25, 0.3) is 0 Å². The fraction of sp³-hybridized carbons (Fsp3) is 0.900. The molecule has 0 aromatic heterocycles. The van der Waals surface area contributed by atoms with Crippen molar-refractivity contribution in [2.24, 2.45) is 0 Å². The summed E-state index contributed by atoms with van der Waals surface area (Å²) in [6, 6.07) is 0.437. The predicted octanol–water partition coefficient (Wildman–Crippen LogP) is 1.63. The van der Waals surface area contributed by atoms with Crippen LogP contribution in [-0.4, -0.2) is 42.9 Å². The maximum absolute atomic E-state index is 5.14. The Morgan fingerprint density at radius 3 is 2.87 bits per heavy atom. The number of hydrogen-bond donors (Lipinski definition) is 2. The molecule has 0 aromatic carbocycles. The first kappa shape index (κ1) is 15.0. The van der Waals surface area contributed by atoms with Crippen molar-refractivity contribution in [2.45, 2.75) is 26.3 Å². The lowest BCUT2D eigenvalue weighted by Gasteiger charge is -2.16. The minimum Gasteiger partial charge on any atom is -0.383 e. The Morgan fingerprint density at radius 2 is 2.27 bits per heavy atom. The van der Waals surface area contributed by atoms with Crippen molar-refractivity contribution in [2.75, 3.05) is 31.8 Å². The Bertz CT molecular complexity index is 168. The van der Waals surface area contributed by atoms with Gasteiger partial charge in [-0.2, -0.15) is 11.8 Å². The van der Waals surface area contributed by atoms with Gasteiger partial charge in [0.2, 0.25) is 0 Å². The molecule has 0 aliphatic rings. The molecule has 0 radical (unpaired) electrons. The number of methoxy groups -OCH3 is 1. The van der Waals surface area contributed by atoms with E-state index < -0.39 is 0 Å². The summed E-state index contributed by atoms with van der Waals surface area (Å²) in [6.07, 6.45) is 1.14. The molecular formula is C10H22N2OS2. The van der Waals surface area contributed by atoms with Crippen molar-refractivity contribution in [3.8, 4) is 0 Å². The van der Waals surface area contributed by atoms with Crippen LogP contribution in [0.1, 0.15) is 20.3 Å². The zero-order valence-corrected chi connectivity index (χ0v) is 11.5. The van der Waals surface area contributed by atoms with Crippen molar-refractivity contribution in [3.63, 3.8) is 0 Å². The summed E-state index contributed by atoms with van der Waals surface area (Å²) in [6.45, 7) is 5.78. The maximum atomic E-state index is 5.14. The average molecular weight is 250 g/mol. The molecule has 0 bridgehead atoms. The van der Waals surface area contributed by atoms with Crippen molar-refractivity contribution in [1.82, 2.24) is 10.6 Å². The van der Waals surface area contributed by atoms with Crippen LogP contribution in [-0.2, 0) is 4.74 Å². The largest absolute Gasteiger partial charge is 0.383 e. The van der Waals surface area contributed by atoms with Crippen LogP contribution in [0.25, 0.3) is 0 Å². The highest BCUT2D eigenvalue weighted by molar-refractivity contribution is 7.99. The van der Waals surface area contributed by atoms with Gasteiger partial charge in [0, 0.05) is 19.7 Å². The molecule has 0 aliphatic carbocycles. The zero-order chi connectivity index (χ0) is 11.5. The van der Waals surface area contributed by atoms with Gasteiger partial charge < -0.3 is 15.4 Å². The molecule has 2 N–H and O–H groups in total. The number of rotatable bonds is 8. The Hall–Kier alpha value is -0.0000000000000000486. The lowest BCUT2D eigenvalue weighted by atomic mass is 10.3. The molecule has 0 saturated heterocycles. The first-order valence-corrected chi connectivity index (χ1v) is 6.88. The topological polar surface area (TPSA) is 33.3 Å². The molecule has 0 saturated carbocycles. The van der Waals surface area contributed by atoms with Crippen molar-refractivity contribution < 1.29 is 4.74 Å². The molecular weight excluding hydrogens is 228 g/mol. The van der Waals surface area contributed by atoms with Crippen molar-refractivity contribution in [1.29, 1.82) is 0 Å². The highest BCUT2D eigenvalue weighted by atomic mass is 32.2. The summed E-state index contributed by atoms with van der Waals surface area (Å²) in [4.78, 5) is 0. The van der Waals surface area contributed by atoms with Gasteiger partial charge in [-0.1, -0.05) is 6.92 Å². The molecule has 15 heavy (non-hydrogen) atoms. The van der Waals surface area contributed by atoms with E-state index in [1.807, 2.05) is 11.8 Å². The Labute approximate surface area is 103 Å². The van der Waals surface area contributed by atoms with E-state index in [1.54, 1.807) is 7.11 Å². The van der Waals surface area contributed by atoms with Crippen LogP contribution in [0.3, 0.4) is 0 Å². The van der Waals surface area contributed by atoms with E-state index in [4.69, 9.17) is 17.0 Å². The molecule has 5 heteroatoms. The second-order valence-corrected chi connectivity index (χ2v) is 5.08. The van der Waals surface area contributed by atoms with Gasteiger partial charge in [0.05, 0.1) is 6.61 Å². The summed E-state index contributed by atoms with van der Waals surface area (Å²) in [7, 11) is 1.68. The monoisotopic (exact) mass is 250 g/mol. The zero-order valence-electron chi connectivity index (χ0n) is 9.84. The second kappa shape index (κ2) is 10.5. The molecule has 1 atom stereocenters. The molecule has 0 heterocycles. The van der Waals surface area contributed by atoms with Crippen LogP contribution in [0.5, 0.6) is 0 Å². The summed E-state index contributed by atoms with van der Waals surface area (Å²) in [5.74, 6) is 2.37. The second-order valence-electron chi connectivity index (χ2n) is 3.28. The summed E-state index contributed by atoms with van der Waals surface area (Å²) < 4.78 is 4.92. The van der Waals surface area contributed by atoms with Crippen LogP contribution in [0.15, 0.2) is 0 Å². The van der Waals surface area contributed by atoms with E-state index in [2.05, 4.69) is 24.5 Å². The fourth-order valence-corrected chi connectivity index (χ4v) is 2.13. The minimum absolute atomic E-state index is 0.437. The van der Waals surface area contributed by atoms with Crippen LogP contribution < -0.4 is 10.6 Å². The van der Waals surface area contributed by atoms with E-state index >= 15 is 0 Å². The van der Waals surface area contributed by atoms with Gasteiger partial charge in [-0.25, -0.2) is 0 Å². The minimum atomic E-state index is 0.437. The highest BCUT2D eigenvalue weighted by Crippen LogP contribution is 2.03. The van der Waals surface area contributed by atoms with E-state index in [9.17, 15) is 0 Å². The SMILES string of the molecule is CCSCCC(C)NC(=S)NCCOC. The molecule has 90 valence electrons. The molecule has 0 fully saturated rings. The van der Waals surface area contributed by atoms with Gasteiger partial charge in [-0.3, -0.25) is 0 Å². The van der Waals surface area contributed by atoms with Crippen molar-refractivity contribution >= 4 is 29.1 Å². The molecule has 3 nitrogen and oxygen atoms in total. The van der Waals surface area contributed by atoms with Gasteiger partial charge in [-0.05, 0) is 37.1 Å². The van der Waals surface area contributed by atoms with E-state index in [0.29, 0.717) is 12.6 Å². The van der Waals surface area contributed by atoms with E-state index in [-0.39, 0.29) is 0 Å². The normalized spacial score (nSPS) is 12.2. The van der Waals surface area contributed by atoms with Crippen LogP contribution >= 0.6 is 24.0 Å². The Morgan fingerprint density at radius 1 is 1.53 bits per heavy atom. The highest BCUT2D eigenvalue weighted by Gasteiger charge is 2.02. The van der Waals surface area contributed by atoms with Gasteiger partial charge in [0.15, 0.2) is 5.11 Å².